The van der Waals surface area contributed by atoms with Crippen LogP contribution in [0, 0.1) is 5.92 Å². The molecule has 0 aromatic heterocycles. The lowest BCUT2D eigenvalue weighted by atomic mass is 9.88. The van der Waals surface area contributed by atoms with Crippen LogP contribution in [-0.2, 0) is 4.79 Å². The number of carbonyl (C=O) groups is 1. The molecule has 0 heterocycles. The van der Waals surface area contributed by atoms with Crippen LogP contribution in [0.2, 0.25) is 0 Å². The van der Waals surface area contributed by atoms with Crippen LogP contribution in [0.5, 0.6) is 0 Å². The Hall–Kier alpha value is -0.240. The van der Waals surface area contributed by atoms with E-state index in [1.807, 2.05) is 0 Å². The molecule has 0 atom stereocenters. The van der Waals surface area contributed by atoms with E-state index in [2.05, 4.69) is 4.90 Å². The van der Waals surface area contributed by atoms with Crippen LogP contribution in [-0.4, -0.2) is 29.3 Å². The van der Waals surface area contributed by atoms with Crippen LogP contribution >= 0.6 is 11.6 Å². The fourth-order valence-corrected chi connectivity index (χ4v) is 3.55. The van der Waals surface area contributed by atoms with Crippen molar-refractivity contribution >= 4 is 17.5 Å². The molecule has 2 rings (SSSR count). The fraction of sp³-hybridized carbons (Fsp3) is 0.929. The van der Waals surface area contributed by atoms with Gasteiger partial charge >= 0.3 is 0 Å². The van der Waals surface area contributed by atoms with E-state index in [-0.39, 0.29) is 0 Å². The summed E-state index contributed by atoms with van der Waals surface area (Å²) in [6.07, 6.45) is 10.9. The second kappa shape index (κ2) is 6.63. The van der Waals surface area contributed by atoms with Gasteiger partial charge in [-0.15, -0.1) is 11.6 Å². The monoisotopic (exact) mass is 257 g/mol. The van der Waals surface area contributed by atoms with Crippen molar-refractivity contribution in [2.75, 3.05) is 12.4 Å². The van der Waals surface area contributed by atoms with Gasteiger partial charge in [-0.05, 0) is 25.7 Å². The van der Waals surface area contributed by atoms with Crippen molar-refractivity contribution in [2.24, 2.45) is 5.92 Å². The molecule has 0 aliphatic heterocycles. The molecule has 0 radical (unpaired) electrons. The third kappa shape index (κ3) is 3.37. The fourth-order valence-electron chi connectivity index (χ4n) is 3.36. The summed E-state index contributed by atoms with van der Waals surface area (Å²) in [5.41, 5.74) is 0. The molecule has 2 aliphatic carbocycles. The Balaban J connectivity index is 1.95. The molecule has 0 N–H and O–H groups in total. The highest BCUT2D eigenvalue weighted by Crippen LogP contribution is 2.29. The van der Waals surface area contributed by atoms with E-state index >= 15 is 0 Å². The average molecular weight is 258 g/mol. The molecule has 3 heteroatoms. The number of amides is 1. The highest BCUT2D eigenvalue weighted by Gasteiger charge is 2.31. The van der Waals surface area contributed by atoms with Gasteiger partial charge in [-0.2, -0.15) is 0 Å². The molecule has 0 aromatic rings. The van der Waals surface area contributed by atoms with Gasteiger partial charge in [0.25, 0.3) is 0 Å². The smallest absolute Gasteiger partial charge is 0.225 e. The molecule has 2 saturated carbocycles. The number of rotatable bonds is 4. The maximum Gasteiger partial charge on any atom is 0.225 e. The first-order valence-electron chi connectivity index (χ1n) is 7.19. The van der Waals surface area contributed by atoms with Crippen LogP contribution in [0.15, 0.2) is 0 Å². The van der Waals surface area contributed by atoms with Gasteiger partial charge in [-0.1, -0.05) is 32.1 Å². The summed E-state index contributed by atoms with van der Waals surface area (Å²) < 4.78 is 0. The van der Waals surface area contributed by atoms with E-state index in [1.165, 1.54) is 44.9 Å². The number of hydrogen-bond acceptors (Lipinski definition) is 1. The lowest BCUT2D eigenvalue weighted by molar-refractivity contribution is -0.138. The van der Waals surface area contributed by atoms with Gasteiger partial charge in [0, 0.05) is 24.4 Å². The lowest BCUT2D eigenvalue weighted by Crippen LogP contribution is -2.44. The topological polar surface area (TPSA) is 20.3 Å². The maximum atomic E-state index is 12.5. The average Bonchev–Trinajstić information content (AvgIpc) is 2.90. The minimum Gasteiger partial charge on any atom is -0.338 e. The molecule has 2 nitrogen and oxygen atoms in total. The molecule has 0 saturated heterocycles. The molecule has 0 bridgehead atoms. The van der Waals surface area contributed by atoms with Crippen molar-refractivity contribution < 1.29 is 4.79 Å². The van der Waals surface area contributed by atoms with E-state index in [0.717, 1.165) is 19.4 Å². The van der Waals surface area contributed by atoms with Crippen molar-refractivity contribution in [1.29, 1.82) is 0 Å². The first-order valence-corrected chi connectivity index (χ1v) is 7.73. The summed E-state index contributed by atoms with van der Waals surface area (Å²) in [4.78, 5) is 14.6. The Morgan fingerprint density at radius 3 is 2.18 bits per heavy atom. The summed E-state index contributed by atoms with van der Waals surface area (Å²) >= 11 is 5.86. The Morgan fingerprint density at radius 2 is 1.59 bits per heavy atom. The molecule has 17 heavy (non-hydrogen) atoms. The third-order valence-electron chi connectivity index (χ3n) is 4.33. The van der Waals surface area contributed by atoms with Crippen molar-refractivity contribution in [1.82, 2.24) is 4.90 Å². The zero-order valence-electron chi connectivity index (χ0n) is 10.7. The zero-order valence-corrected chi connectivity index (χ0v) is 11.4. The van der Waals surface area contributed by atoms with Crippen LogP contribution in [0.3, 0.4) is 0 Å². The molecule has 2 aliphatic rings. The number of nitrogens with zero attached hydrogens (tertiary/aromatic N) is 1. The predicted octanol–water partition coefficient (Wildman–Crippen LogP) is 3.58. The summed E-state index contributed by atoms with van der Waals surface area (Å²) in [6, 6.07) is 0.489. The van der Waals surface area contributed by atoms with Crippen molar-refractivity contribution in [3.8, 4) is 0 Å². The number of carbonyl (C=O) groups excluding carboxylic acids is 1. The summed E-state index contributed by atoms with van der Waals surface area (Å²) in [7, 11) is 0. The van der Waals surface area contributed by atoms with Crippen molar-refractivity contribution in [3.63, 3.8) is 0 Å². The predicted molar refractivity (Wildman–Crippen MR) is 71.3 cm³/mol. The summed E-state index contributed by atoms with van der Waals surface area (Å²) in [6.45, 7) is 0.752. The molecule has 1 amide bonds. The van der Waals surface area contributed by atoms with E-state index in [9.17, 15) is 4.79 Å². The van der Waals surface area contributed by atoms with Crippen LogP contribution in [0.4, 0.5) is 0 Å². The molecular formula is C14H24ClNO. The van der Waals surface area contributed by atoms with Gasteiger partial charge in [0.1, 0.15) is 0 Å². The van der Waals surface area contributed by atoms with Gasteiger partial charge in [0.05, 0.1) is 0 Å². The molecular weight excluding hydrogens is 234 g/mol. The van der Waals surface area contributed by atoms with Crippen LogP contribution in [0.25, 0.3) is 0 Å². The normalized spacial score (nSPS) is 22.9. The van der Waals surface area contributed by atoms with Crippen molar-refractivity contribution in [2.45, 2.75) is 63.8 Å². The Labute approximate surface area is 110 Å². The van der Waals surface area contributed by atoms with Crippen molar-refractivity contribution in [3.05, 3.63) is 0 Å². The van der Waals surface area contributed by atoms with Crippen LogP contribution in [0.1, 0.15) is 57.8 Å². The van der Waals surface area contributed by atoms with Gasteiger partial charge < -0.3 is 4.90 Å². The second-order valence-electron chi connectivity index (χ2n) is 5.49. The summed E-state index contributed by atoms with van der Waals surface area (Å²) in [5.74, 6) is 1.28. The quantitative estimate of drug-likeness (QED) is 0.705. The van der Waals surface area contributed by atoms with Gasteiger partial charge in [0.2, 0.25) is 5.91 Å². The first-order chi connectivity index (χ1) is 8.33. The Kier molecular flexibility index (Phi) is 5.15. The SMILES string of the molecule is O=C(C1CCCCC1)N(CCCl)C1CCCC1. The largest absolute Gasteiger partial charge is 0.338 e. The number of hydrogen-bond donors (Lipinski definition) is 0. The lowest BCUT2D eigenvalue weighted by Gasteiger charge is -2.33. The minimum atomic E-state index is 0.299. The molecule has 0 aromatic carbocycles. The molecule has 0 spiro atoms. The van der Waals surface area contributed by atoms with Gasteiger partial charge in [-0.25, -0.2) is 0 Å². The Bertz CT molecular complexity index is 245. The van der Waals surface area contributed by atoms with E-state index in [0.29, 0.717) is 23.7 Å². The Morgan fingerprint density at radius 1 is 1.00 bits per heavy atom. The highest BCUT2D eigenvalue weighted by molar-refractivity contribution is 6.18. The van der Waals surface area contributed by atoms with Crippen LogP contribution < -0.4 is 0 Å². The second-order valence-corrected chi connectivity index (χ2v) is 5.87. The molecule has 2 fully saturated rings. The summed E-state index contributed by atoms with van der Waals surface area (Å²) in [5, 5.41) is 0. The third-order valence-corrected chi connectivity index (χ3v) is 4.50. The maximum absolute atomic E-state index is 12.5. The van der Waals surface area contributed by atoms with E-state index in [1.54, 1.807) is 0 Å². The number of halogens is 1. The van der Waals surface area contributed by atoms with Gasteiger partial charge in [-0.3, -0.25) is 4.79 Å². The highest BCUT2D eigenvalue weighted by atomic mass is 35.5. The van der Waals surface area contributed by atoms with Gasteiger partial charge in [0.15, 0.2) is 0 Å². The molecule has 0 unspecified atom stereocenters. The first kappa shape index (κ1) is 13.2. The molecule has 98 valence electrons. The standard InChI is InChI=1S/C14H24ClNO/c15-10-11-16(13-8-4-5-9-13)14(17)12-6-2-1-3-7-12/h12-13H,1-11H2. The van der Waals surface area contributed by atoms with E-state index < -0.39 is 0 Å². The zero-order chi connectivity index (χ0) is 12.1. The number of alkyl halides is 1. The minimum absolute atomic E-state index is 0.299. The van der Waals surface area contributed by atoms with E-state index in [4.69, 9.17) is 11.6 Å².